The van der Waals surface area contributed by atoms with E-state index in [0.717, 1.165) is 42.9 Å². The molecule has 1 unspecified atom stereocenters. The van der Waals surface area contributed by atoms with Gasteiger partial charge in [0.25, 0.3) is 0 Å². The van der Waals surface area contributed by atoms with E-state index in [4.69, 9.17) is 28.8 Å². The van der Waals surface area contributed by atoms with E-state index in [9.17, 15) is 30.3 Å². The van der Waals surface area contributed by atoms with Crippen molar-refractivity contribution in [1.82, 2.24) is 39.8 Å². The van der Waals surface area contributed by atoms with Crippen molar-refractivity contribution >= 4 is 5.97 Å². The molecule has 3 saturated heterocycles. The van der Waals surface area contributed by atoms with Gasteiger partial charge in [-0.3, -0.25) is 9.48 Å². The van der Waals surface area contributed by atoms with Gasteiger partial charge in [-0.05, 0) is 137 Å². The summed E-state index contributed by atoms with van der Waals surface area (Å²) in [5.74, 6) is -3.11. The van der Waals surface area contributed by atoms with Crippen molar-refractivity contribution in [1.29, 1.82) is 0 Å². The molecule has 20 nitrogen and oxygen atoms in total. The minimum Gasteiger partial charge on any atom is -0.459 e. The van der Waals surface area contributed by atoms with E-state index < -0.39 is 95.6 Å². The Morgan fingerprint density at radius 2 is 1.55 bits per heavy atom. The van der Waals surface area contributed by atoms with Crippen molar-refractivity contribution in [2.45, 2.75) is 224 Å². The van der Waals surface area contributed by atoms with Crippen LogP contribution < -0.4 is 0 Å². The summed E-state index contributed by atoms with van der Waals surface area (Å²) in [7, 11) is 5.36. The molecule has 3 fully saturated rings. The van der Waals surface area contributed by atoms with Crippen LogP contribution in [0.15, 0.2) is 36.7 Å². The lowest BCUT2D eigenvalue weighted by atomic mass is 9.68. The first-order valence-corrected chi connectivity index (χ1v) is 28.0. The molecule has 0 aliphatic carbocycles. The van der Waals surface area contributed by atoms with Gasteiger partial charge in [0.15, 0.2) is 6.29 Å². The highest BCUT2D eigenvalue weighted by Crippen LogP contribution is 2.45. The number of ether oxygens (including phenoxy) is 5. The summed E-state index contributed by atoms with van der Waals surface area (Å²) in [5.41, 5.74) is -0.579. The second-order valence-electron chi connectivity index (χ2n) is 23.6. The molecule has 0 bridgehead atoms. The molecule has 2 aromatic heterocycles. The van der Waals surface area contributed by atoms with Crippen molar-refractivity contribution < 1.29 is 59.1 Å². The van der Waals surface area contributed by atoms with Crippen LogP contribution in [0.1, 0.15) is 131 Å². The van der Waals surface area contributed by atoms with Crippen LogP contribution in [0.25, 0.3) is 5.69 Å². The van der Waals surface area contributed by atoms with Gasteiger partial charge < -0.3 is 64.1 Å². The van der Waals surface area contributed by atoms with E-state index in [1.165, 1.54) is 19.6 Å². The van der Waals surface area contributed by atoms with Crippen LogP contribution in [-0.2, 0) is 54.3 Å². The number of unbranched alkanes of at least 4 members (excludes halogenated alkanes) is 1. The van der Waals surface area contributed by atoms with Crippen molar-refractivity contribution in [3.8, 4) is 5.69 Å². The minimum absolute atomic E-state index is 0.128. The topological polar surface area (TPSA) is 252 Å². The average Bonchev–Trinajstić information content (AvgIpc) is 4.06. The summed E-state index contributed by atoms with van der Waals surface area (Å²) in [6.07, 6.45) is 1.39. The predicted molar refractivity (Wildman–Crippen MR) is 285 cm³/mol. The van der Waals surface area contributed by atoms with Crippen LogP contribution >= 0.6 is 0 Å². The Kier molecular flexibility index (Phi) is 21.6. The summed E-state index contributed by atoms with van der Waals surface area (Å²) in [4.78, 5) is 18.7. The number of carbonyl (C=O) groups is 1. The summed E-state index contributed by atoms with van der Waals surface area (Å²) in [6, 6.07) is 7.38. The molecule has 3 aliphatic rings. The molecule has 3 aromatic rings. The number of esters is 1. The van der Waals surface area contributed by atoms with E-state index >= 15 is 0 Å². The van der Waals surface area contributed by atoms with Gasteiger partial charge in [0.1, 0.15) is 30.0 Å². The monoisotopic (exact) mass is 1070 g/mol. The molecular formula is C56H94N8O12. The number of aliphatic hydroxyl groups is 6. The molecule has 430 valence electrons. The minimum atomic E-state index is -1.81. The normalized spacial score (nSPS) is 37.7. The second kappa shape index (κ2) is 26.6. The first-order chi connectivity index (χ1) is 35.8. The Morgan fingerprint density at radius 3 is 2.22 bits per heavy atom. The van der Waals surface area contributed by atoms with Crippen molar-refractivity contribution in [2.75, 3.05) is 40.9 Å². The lowest BCUT2D eigenvalue weighted by molar-refractivity contribution is -0.302. The number of hydrogen-bond donors (Lipinski definition) is 6. The molecule has 5 heterocycles. The van der Waals surface area contributed by atoms with E-state index in [1.54, 1.807) is 32.4 Å². The summed E-state index contributed by atoms with van der Waals surface area (Å²) in [5, 5.41) is 86.7. The molecule has 20 heteroatoms. The number of aryl methyl sites for hydroxylation is 3. The van der Waals surface area contributed by atoms with Crippen molar-refractivity contribution in [3.05, 3.63) is 53.6 Å². The second-order valence-corrected chi connectivity index (χ2v) is 23.6. The van der Waals surface area contributed by atoms with Gasteiger partial charge in [-0.2, -0.15) is 0 Å². The van der Waals surface area contributed by atoms with Crippen molar-refractivity contribution in [2.24, 2.45) is 23.7 Å². The SMILES string of the molecule is CC[C@H]1OC(=O)[C@H](C)C([C@H]2C[C@@](C)(OC)[C@@H](O)[C@H](C)O2)[C@H](C)[C@@H](O[C@@H]2O[C@H](C)C[C@H](N(C)CCc3cn(CCCCc4ccc(-n5cc(CCCO)nn5)cc4)nn3)[C@H]2O)[C@](C)(O)C[C@@H](C)CN(C)[C@H](C)[C@@H](O)[C@]1(C)O. The molecular weight excluding hydrogens is 977 g/mol. The molecule has 18 atom stereocenters. The molecule has 6 N–H and O–H groups in total. The van der Waals surface area contributed by atoms with Gasteiger partial charge in [0, 0.05) is 70.4 Å². The van der Waals surface area contributed by atoms with Crippen LogP contribution in [0.5, 0.6) is 0 Å². The maximum absolute atomic E-state index is 14.6. The van der Waals surface area contributed by atoms with E-state index in [0.29, 0.717) is 38.8 Å². The summed E-state index contributed by atoms with van der Waals surface area (Å²) < 4.78 is 35.9. The number of cyclic esters (lactones) is 1. The zero-order valence-electron chi connectivity index (χ0n) is 47.7. The number of hydrogen-bond acceptors (Lipinski definition) is 18. The smallest absolute Gasteiger partial charge is 0.309 e. The number of aromatic nitrogens is 6. The van der Waals surface area contributed by atoms with Crippen LogP contribution in [0.4, 0.5) is 0 Å². The maximum Gasteiger partial charge on any atom is 0.309 e. The predicted octanol–water partition coefficient (Wildman–Crippen LogP) is 3.91. The van der Waals surface area contributed by atoms with E-state index in [2.05, 4.69) is 37.7 Å². The standard InChI is InChI=1S/C56H94N8O12/c1-14-46-56(10,71)49(67)38(6)62(12)31-34(2)29-54(8,70)51(36(4)47(37(5)52(69)75-46)45-30-55(9,72-13)50(68)39(7)74-45)76-53-48(66)44(28-35(3)73-53)61(11)26-24-42-32-63(59-57-42)25-16-15-18-40-20-22-43(23-21-40)64-33-41(58-60-64)19-17-27-65/h20-23,32-39,44-51,53,65-68,70-71H,14-19,24-31H2,1-13H3/t34-,35-,36+,37-,38-,39+,44+,45-,46-,47?,48-,49-,50+,51-,53+,54-,55-,56-/m1/s1. The zero-order valence-corrected chi connectivity index (χ0v) is 47.7. The van der Waals surface area contributed by atoms with E-state index in [1.807, 2.05) is 82.8 Å². The zero-order chi connectivity index (χ0) is 55.9. The molecule has 6 rings (SSSR count). The quantitative estimate of drug-likeness (QED) is 0.0780. The van der Waals surface area contributed by atoms with E-state index in [-0.39, 0.29) is 43.9 Å². The number of methoxy groups -OCH3 is 1. The van der Waals surface area contributed by atoms with Crippen molar-refractivity contribution in [3.63, 3.8) is 0 Å². The lowest BCUT2D eigenvalue weighted by Gasteiger charge is -2.51. The van der Waals surface area contributed by atoms with Crippen LogP contribution in [-0.4, -0.2) is 201 Å². The molecule has 3 aliphatic heterocycles. The third-order valence-corrected chi connectivity index (χ3v) is 17.2. The number of nitrogens with zero attached hydrogens (tertiary/aromatic N) is 8. The lowest BCUT2D eigenvalue weighted by Crippen LogP contribution is -2.62. The fraction of sp³-hybridized carbons (Fsp3) is 0.804. The van der Waals surface area contributed by atoms with Crippen LogP contribution in [0.2, 0.25) is 0 Å². The fourth-order valence-corrected chi connectivity index (χ4v) is 12.4. The molecule has 0 saturated carbocycles. The highest BCUT2D eigenvalue weighted by Gasteiger charge is 2.55. The fourth-order valence-electron chi connectivity index (χ4n) is 12.4. The molecule has 0 radical (unpaired) electrons. The molecule has 76 heavy (non-hydrogen) atoms. The third kappa shape index (κ3) is 14.8. The highest BCUT2D eigenvalue weighted by atomic mass is 16.7. The Hall–Kier alpha value is -3.51. The Balaban J connectivity index is 1.16. The molecule has 0 spiro atoms. The summed E-state index contributed by atoms with van der Waals surface area (Å²) >= 11 is 0. The average molecular weight is 1070 g/mol. The van der Waals surface area contributed by atoms with Gasteiger partial charge in [-0.25, -0.2) is 4.68 Å². The number of likely N-dealkylation sites (N-methyl/N-ethyl adjacent to an activating group) is 2. The number of rotatable bonds is 18. The Morgan fingerprint density at radius 1 is 0.868 bits per heavy atom. The molecule has 1 aromatic carbocycles. The first-order valence-electron chi connectivity index (χ1n) is 28.0. The Bertz CT molecular complexity index is 2250. The number of aliphatic hydroxyl groups excluding tert-OH is 4. The van der Waals surface area contributed by atoms with Gasteiger partial charge >= 0.3 is 5.97 Å². The largest absolute Gasteiger partial charge is 0.459 e. The molecule has 0 amide bonds. The first kappa shape index (κ1) is 61.7. The number of carbonyl (C=O) groups excluding carboxylic acids is 1. The van der Waals surface area contributed by atoms with Gasteiger partial charge in [-0.1, -0.05) is 50.3 Å². The maximum atomic E-state index is 14.6. The van der Waals surface area contributed by atoms with Gasteiger partial charge in [-0.15, -0.1) is 10.2 Å². The van der Waals surface area contributed by atoms with Gasteiger partial charge in [0.2, 0.25) is 0 Å². The van der Waals surface area contributed by atoms with Crippen LogP contribution in [0, 0.1) is 23.7 Å². The number of benzene rings is 1. The van der Waals surface area contributed by atoms with Crippen LogP contribution in [0.3, 0.4) is 0 Å². The third-order valence-electron chi connectivity index (χ3n) is 17.2. The summed E-state index contributed by atoms with van der Waals surface area (Å²) in [6.45, 7) is 19.9. The van der Waals surface area contributed by atoms with Gasteiger partial charge in [0.05, 0.1) is 64.8 Å². The Labute approximate surface area is 451 Å². The highest BCUT2D eigenvalue weighted by molar-refractivity contribution is 5.73.